The molecule has 0 radical (unpaired) electrons. The van der Waals surface area contributed by atoms with Crippen molar-refractivity contribution in [3.05, 3.63) is 71.0 Å². The third-order valence-electron chi connectivity index (χ3n) is 3.33. The summed E-state index contributed by atoms with van der Waals surface area (Å²) >= 11 is 0. The zero-order valence-corrected chi connectivity index (χ0v) is 10.6. The van der Waals surface area contributed by atoms with Crippen LogP contribution in [0.15, 0.2) is 48.5 Å². The molecule has 1 atom stereocenters. The summed E-state index contributed by atoms with van der Waals surface area (Å²) < 4.78 is 13.2. The summed E-state index contributed by atoms with van der Waals surface area (Å²) in [6.07, 6.45) is 0.854. The maximum atomic E-state index is 13.2. The Morgan fingerprint density at radius 1 is 1.11 bits per heavy atom. The van der Waals surface area contributed by atoms with Gasteiger partial charge in [0.15, 0.2) is 0 Å². The molecule has 0 spiro atoms. The molecule has 2 rings (SSSR count). The van der Waals surface area contributed by atoms with Crippen molar-refractivity contribution in [3.63, 3.8) is 0 Å². The minimum atomic E-state index is -0.198. The Morgan fingerprint density at radius 2 is 1.89 bits per heavy atom. The quantitative estimate of drug-likeness (QED) is 0.874. The molecule has 0 saturated heterocycles. The topological polar surface area (TPSA) is 26.0 Å². The van der Waals surface area contributed by atoms with Crippen LogP contribution in [-0.4, -0.2) is 6.54 Å². The Kier molecular flexibility index (Phi) is 4.11. The minimum absolute atomic E-state index is 0.168. The van der Waals surface area contributed by atoms with E-state index in [1.165, 1.54) is 17.2 Å². The zero-order chi connectivity index (χ0) is 13.0. The van der Waals surface area contributed by atoms with Gasteiger partial charge in [0.25, 0.3) is 0 Å². The number of aryl methyl sites for hydroxylation is 1. The lowest BCUT2D eigenvalue weighted by Crippen LogP contribution is -2.15. The highest BCUT2D eigenvalue weighted by molar-refractivity contribution is 5.30. The van der Waals surface area contributed by atoms with Crippen LogP contribution in [0.25, 0.3) is 0 Å². The van der Waals surface area contributed by atoms with E-state index in [0.717, 1.165) is 12.0 Å². The molecule has 0 heterocycles. The molecule has 2 heteroatoms. The van der Waals surface area contributed by atoms with Crippen molar-refractivity contribution in [2.24, 2.45) is 5.73 Å². The Bertz CT molecular complexity index is 522. The predicted octanol–water partition coefficient (Wildman–Crippen LogP) is 3.42. The summed E-state index contributed by atoms with van der Waals surface area (Å²) in [6, 6.07) is 15.0. The molecule has 94 valence electrons. The molecular weight excluding hydrogens is 225 g/mol. The first-order valence-corrected chi connectivity index (χ1v) is 6.20. The normalized spacial score (nSPS) is 12.4. The van der Waals surface area contributed by atoms with E-state index in [1.807, 2.05) is 18.2 Å². The third kappa shape index (κ3) is 2.96. The summed E-state index contributed by atoms with van der Waals surface area (Å²) in [5.41, 5.74) is 9.34. The van der Waals surface area contributed by atoms with E-state index in [0.29, 0.717) is 6.54 Å². The molecular formula is C16H18FN. The van der Waals surface area contributed by atoms with Gasteiger partial charge in [0.05, 0.1) is 0 Å². The van der Waals surface area contributed by atoms with Crippen LogP contribution >= 0.6 is 0 Å². The Morgan fingerprint density at radius 3 is 2.56 bits per heavy atom. The van der Waals surface area contributed by atoms with E-state index < -0.39 is 0 Å². The van der Waals surface area contributed by atoms with Gasteiger partial charge in [-0.1, -0.05) is 36.4 Å². The highest BCUT2D eigenvalue weighted by Gasteiger charge is 2.12. The van der Waals surface area contributed by atoms with Gasteiger partial charge in [-0.2, -0.15) is 0 Å². The van der Waals surface area contributed by atoms with E-state index in [2.05, 4.69) is 19.1 Å². The van der Waals surface area contributed by atoms with Gasteiger partial charge in [-0.25, -0.2) is 4.39 Å². The molecule has 2 N–H and O–H groups in total. The monoisotopic (exact) mass is 243 g/mol. The molecule has 0 aliphatic heterocycles. The first-order chi connectivity index (χ1) is 8.70. The fourth-order valence-corrected chi connectivity index (χ4v) is 2.20. The smallest absolute Gasteiger partial charge is 0.123 e. The van der Waals surface area contributed by atoms with Gasteiger partial charge in [0.1, 0.15) is 5.82 Å². The van der Waals surface area contributed by atoms with Gasteiger partial charge in [-0.05, 0) is 48.7 Å². The van der Waals surface area contributed by atoms with E-state index in [-0.39, 0.29) is 11.7 Å². The summed E-state index contributed by atoms with van der Waals surface area (Å²) in [5.74, 6) is -0.0301. The van der Waals surface area contributed by atoms with Crippen LogP contribution in [0, 0.1) is 12.7 Å². The van der Waals surface area contributed by atoms with Crippen molar-refractivity contribution in [2.45, 2.75) is 19.3 Å². The van der Waals surface area contributed by atoms with Crippen LogP contribution in [0.4, 0.5) is 4.39 Å². The molecule has 1 unspecified atom stereocenters. The molecule has 18 heavy (non-hydrogen) atoms. The highest BCUT2D eigenvalue weighted by atomic mass is 19.1. The molecule has 2 aromatic rings. The first-order valence-electron chi connectivity index (χ1n) is 6.20. The molecule has 0 aromatic heterocycles. The fourth-order valence-electron chi connectivity index (χ4n) is 2.20. The predicted molar refractivity (Wildman–Crippen MR) is 73.1 cm³/mol. The lowest BCUT2D eigenvalue weighted by atomic mass is 9.90. The largest absolute Gasteiger partial charge is 0.330 e. The molecule has 0 amide bonds. The van der Waals surface area contributed by atoms with Gasteiger partial charge < -0.3 is 5.73 Å². The average molecular weight is 243 g/mol. The van der Waals surface area contributed by atoms with Crippen LogP contribution in [-0.2, 0) is 6.42 Å². The molecule has 0 aliphatic carbocycles. The fraction of sp³-hybridized carbons (Fsp3) is 0.250. The summed E-state index contributed by atoms with van der Waals surface area (Å²) in [5, 5.41) is 0. The summed E-state index contributed by atoms with van der Waals surface area (Å²) in [6.45, 7) is 2.62. The van der Waals surface area contributed by atoms with Gasteiger partial charge in [0.2, 0.25) is 0 Å². The van der Waals surface area contributed by atoms with Crippen LogP contribution in [0.1, 0.15) is 22.6 Å². The summed E-state index contributed by atoms with van der Waals surface area (Å²) in [7, 11) is 0. The van der Waals surface area contributed by atoms with Crippen LogP contribution in [0.3, 0.4) is 0 Å². The SMILES string of the molecule is Cc1ccccc1CC(CN)c1cccc(F)c1. The second kappa shape index (κ2) is 5.78. The van der Waals surface area contributed by atoms with Crippen LogP contribution in [0.2, 0.25) is 0 Å². The van der Waals surface area contributed by atoms with Crippen molar-refractivity contribution < 1.29 is 4.39 Å². The standard InChI is InChI=1S/C16H18FN/c1-12-5-2-3-6-13(12)9-15(11-18)14-7-4-8-16(17)10-14/h2-8,10,15H,9,11,18H2,1H3. The number of halogens is 1. The lowest BCUT2D eigenvalue weighted by Gasteiger charge is -2.16. The maximum Gasteiger partial charge on any atom is 0.123 e. The molecule has 0 fully saturated rings. The van der Waals surface area contributed by atoms with E-state index in [4.69, 9.17) is 5.73 Å². The number of hydrogen-bond acceptors (Lipinski definition) is 1. The van der Waals surface area contributed by atoms with E-state index in [1.54, 1.807) is 12.1 Å². The number of benzene rings is 2. The van der Waals surface area contributed by atoms with Crippen molar-refractivity contribution in [1.29, 1.82) is 0 Å². The number of nitrogens with two attached hydrogens (primary N) is 1. The van der Waals surface area contributed by atoms with Gasteiger partial charge >= 0.3 is 0 Å². The Hall–Kier alpha value is -1.67. The lowest BCUT2D eigenvalue weighted by molar-refractivity contribution is 0.616. The van der Waals surface area contributed by atoms with E-state index >= 15 is 0 Å². The Labute approximate surface area is 107 Å². The third-order valence-corrected chi connectivity index (χ3v) is 3.33. The zero-order valence-electron chi connectivity index (χ0n) is 10.6. The average Bonchev–Trinajstić information content (AvgIpc) is 2.38. The molecule has 1 nitrogen and oxygen atoms in total. The van der Waals surface area contributed by atoms with Crippen LogP contribution < -0.4 is 5.73 Å². The Balaban J connectivity index is 2.23. The minimum Gasteiger partial charge on any atom is -0.330 e. The maximum absolute atomic E-state index is 13.2. The van der Waals surface area contributed by atoms with Gasteiger partial charge in [-0.15, -0.1) is 0 Å². The number of hydrogen-bond donors (Lipinski definition) is 1. The first kappa shape index (κ1) is 12.8. The van der Waals surface area contributed by atoms with Crippen molar-refractivity contribution in [1.82, 2.24) is 0 Å². The van der Waals surface area contributed by atoms with E-state index in [9.17, 15) is 4.39 Å². The summed E-state index contributed by atoms with van der Waals surface area (Å²) in [4.78, 5) is 0. The molecule has 0 bridgehead atoms. The van der Waals surface area contributed by atoms with Crippen molar-refractivity contribution in [3.8, 4) is 0 Å². The van der Waals surface area contributed by atoms with Crippen molar-refractivity contribution >= 4 is 0 Å². The second-order valence-corrected chi connectivity index (χ2v) is 4.62. The highest BCUT2D eigenvalue weighted by Crippen LogP contribution is 2.22. The molecule has 2 aromatic carbocycles. The molecule has 0 saturated carbocycles. The number of rotatable bonds is 4. The van der Waals surface area contributed by atoms with Crippen LogP contribution in [0.5, 0.6) is 0 Å². The second-order valence-electron chi connectivity index (χ2n) is 4.62. The van der Waals surface area contributed by atoms with Gasteiger partial charge in [-0.3, -0.25) is 0 Å². The van der Waals surface area contributed by atoms with Crippen molar-refractivity contribution in [2.75, 3.05) is 6.54 Å². The molecule has 0 aliphatic rings. The van der Waals surface area contributed by atoms with Gasteiger partial charge in [0, 0.05) is 5.92 Å².